The second-order valence-electron chi connectivity index (χ2n) is 3.68. The summed E-state index contributed by atoms with van der Waals surface area (Å²) >= 11 is 0. The van der Waals surface area contributed by atoms with Gasteiger partial charge in [-0.2, -0.15) is 0 Å². The van der Waals surface area contributed by atoms with Gasteiger partial charge in [0.05, 0.1) is 6.10 Å². The van der Waals surface area contributed by atoms with E-state index in [4.69, 9.17) is 9.47 Å². The third-order valence-electron chi connectivity index (χ3n) is 2.31. The molecule has 0 aromatic carbocycles. The van der Waals surface area contributed by atoms with Crippen LogP contribution in [0.25, 0.3) is 0 Å². The summed E-state index contributed by atoms with van der Waals surface area (Å²) < 4.78 is 10.3. The average Bonchev–Trinajstić information content (AvgIpc) is 2.78. The summed E-state index contributed by atoms with van der Waals surface area (Å²) in [5, 5.41) is 0. The number of hydrogen-bond acceptors (Lipinski definition) is 4. The van der Waals surface area contributed by atoms with Crippen LogP contribution < -0.4 is 0 Å². The lowest BCUT2D eigenvalue weighted by atomic mass is 10.1. The zero-order valence-electron chi connectivity index (χ0n) is 7.93. The Bertz CT molecular complexity index is 294. The maximum absolute atomic E-state index is 11.1. The van der Waals surface area contributed by atoms with Crippen molar-refractivity contribution in [2.45, 2.75) is 38.1 Å². The van der Waals surface area contributed by atoms with Gasteiger partial charge in [-0.3, -0.25) is 9.59 Å². The first-order valence-electron chi connectivity index (χ1n) is 4.71. The average molecular weight is 196 g/mol. The standard InChI is InChI=1S/C10H12O4/c1-6-4-9-8(14-9)3-2-7(11)5-10(12)13-6/h2-3,6,8-9H,4-5H2,1H3/b3-2-/t6-,8-,9+/m1/s1. The maximum Gasteiger partial charge on any atom is 0.313 e. The number of cyclic esters (lactones) is 1. The monoisotopic (exact) mass is 196 g/mol. The summed E-state index contributed by atoms with van der Waals surface area (Å²) in [5.41, 5.74) is 0. The van der Waals surface area contributed by atoms with Crippen LogP contribution in [0.4, 0.5) is 0 Å². The molecule has 1 fully saturated rings. The molecule has 4 heteroatoms. The van der Waals surface area contributed by atoms with E-state index < -0.39 is 5.97 Å². The van der Waals surface area contributed by atoms with E-state index in [1.807, 2.05) is 6.92 Å². The van der Waals surface area contributed by atoms with E-state index in [2.05, 4.69) is 0 Å². The fraction of sp³-hybridized carbons (Fsp3) is 0.600. The first kappa shape index (κ1) is 9.40. The van der Waals surface area contributed by atoms with Gasteiger partial charge in [-0.05, 0) is 19.1 Å². The topological polar surface area (TPSA) is 55.9 Å². The van der Waals surface area contributed by atoms with Crippen LogP contribution in [-0.4, -0.2) is 30.1 Å². The van der Waals surface area contributed by atoms with E-state index in [1.165, 1.54) is 6.08 Å². The highest BCUT2D eigenvalue weighted by Crippen LogP contribution is 2.29. The van der Waals surface area contributed by atoms with Crippen LogP contribution in [-0.2, 0) is 19.1 Å². The predicted molar refractivity (Wildman–Crippen MR) is 47.6 cm³/mol. The van der Waals surface area contributed by atoms with Crippen molar-refractivity contribution in [3.8, 4) is 0 Å². The molecule has 2 aliphatic heterocycles. The minimum atomic E-state index is -0.453. The Balaban J connectivity index is 2.05. The van der Waals surface area contributed by atoms with Crippen molar-refractivity contribution in [2.24, 2.45) is 0 Å². The Hall–Kier alpha value is -1.16. The molecule has 0 spiro atoms. The SMILES string of the molecule is C[C@@H]1C[C@@H]2O[C@@H]2/C=C\C(=O)CC(=O)O1. The number of esters is 1. The van der Waals surface area contributed by atoms with Crippen molar-refractivity contribution in [2.75, 3.05) is 0 Å². The molecule has 2 heterocycles. The lowest BCUT2D eigenvalue weighted by Crippen LogP contribution is -2.20. The van der Waals surface area contributed by atoms with Crippen molar-refractivity contribution in [3.63, 3.8) is 0 Å². The van der Waals surface area contributed by atoms with Gasteiger partial charge >= 0.3 is 5.97 Å². The molecule has 0 amide bonds. The maximum atomic E-state index is 11.1. The Labute approximate surface area is 81.9 Å². The number of ether oxygens (including phenoxy) is 2. The number of epoxide rings is 1. The summed E-state index contributed by atoms with van der Waals surface area (Å²) in [6.07, 6.45) is 3.64. The van der Waals surface area contributed by atoms with Crippen LogP contribution in [0.1, 0.15) is 19.8 Å². The molecule has 0 aromatic rings. The van der Waals surface area contributed by atoms with Gasteiger partial charge in [0.15, 0.2) is 5.78 Å². The first-order valence-corrected chi connectivity index (χ1v) is 4.71. The summed E-state index contributed by atoms with van der Waals surface area (Å²) in [4.78, 5) is 22.3. The molecule has 0 saturated carbocycles. The highest BCUT2D eigenvalue weighted by molar-refractivity contribution is 6.02. The second-order valence-corrected chi connectivity index (χ2v) is 3.68. The molecule has 2 aliphatic rings. The molecule has 4 nitrogen and oxygen atoms in total. The van der Waals surface area contributed by atoms with E-state index in [0.29, 0.717) is 6.42 Å². The Morgan fingerprint density at radius 1 is 1.43 bits per heavy atom. The van der Waals surface area contributed by atoms with Crippen molar-refractivity contribution < 1.29 is 19.1 Å². The zero-order valence-corrected chi connectivity index (χ0v) is 7.93. The minimum absolute atomic E-state index is 0.0400. The number of ketones is 1. The Morgan fingerprint density at radius 3 is 3.00 bits per heavy atom. The highest BCUT2D eigenvalue weighted by Gasteiger charge is 2.38. The third-order valence-corrected chi connectivity index (χ3v) is 2.31. The number of allylic oxidation sites excluding steroid dienone is 1. The Kier molecular flexibility index (Phi) is 2.37. The number of fused-ring (bicyclic) bond motifs is 1. The van der Waals surface area contributed by atoms with Gasteiger partial charge < -0.3 is 9.47 Å². The summed E-state index contributed by atoms with van der Waals surface area (Å²) in [6, 6.07) is 0. The number of rotatable bonds is 0. The first-order chi connectivity index (χ1) is 6.65. The highest BCUT2D eigenvalue weighted by atomic mass is 16.6. The molecule has 0 bridgehead atoms. The predicted octanol–water partition coefficient (Wildman–Crippen LogP) is 0.605. The molecule has 3 atom stereocenters. The van der Waals surface area contributed by atoms with E-state index in [-0.39, 0.29) is 30.5 Å². The second kappa shape index (κ2) is 3.53. The fourth-order valence-corrected chi connectivity index (χ4v) is 1.56. The van der Waals surface area contributed by atoms with Gasteiger partial charge in [-0.1, -0.05) is 0 Å². The molecule has 0 aliphatic carbocycles. The molecule has 76 valence electrons. The van der Waals surface area contributed by atoms with Gasteiger partial charge in [-0.15, -0.1) is 0 Å². The van der Waals surface area contributed by atoms with Crippen molar-refractivity contribution in [3.05, 3.63) is 12.2 Å². The van der Waals surface area contributed by atoms with Gasteiger partial charge in [0, 0.05) is 6.42 Å². The summed E-state index contributed by atoms with van der Waals surface area (Å²) in [7, 11) is 0. The van der Waals surface area contributed by atoms with E-state index in [0.717, 1.165) is 0 Å². The largest absolute Gasteiger partial charge is 0.462 e. The quantitative estimate of drug-likeness (QED) is 0.323. The van der Waals surface area contributed by atoms with Gasteiger partial charge in [0.2, 0.25) is 0 Å². The fourth-order valence-electron chi connectivity index (χ4n) is 1.56. The van der Waals surface area contributed by atoms with Crippen LogP contribution >= 0.6 is 0 Å². The lowest BCUT2D eigenvalue weighted by Gasteiger charge is -2.11. The molecule has 14 heavy (non-hydrogen) atoms. The van der Waals surface area contributed by atoms with Crippen molar-refractivity contribution in [1.82, 2.24) is 0 Å². The van der Waals surface area contributed by atoms with Crippen LogP contribution in [0.2, 0.25) is 0 Å². The Morgan fingerprint density at radius 2 is 2.21 bits per heavy atom. The van der Waals surface area contributed by atoms with Crippen LogP contribution in [0, 0.1) is 0 Å². The zero-order chi connectivity index (χ0) is 10.1. The van der Waals surface area contributed by atoms with Crippen LogP contribution in [0.3, 0.4) is 0 Å². The minimum Gasteiger partial charge on any atom is -0.462 e. The van der Waals surface area contributed by atoms with Crippen LogP contribution in [0.5, 0.6) is 0 Å². The summed E-state index contributed by atoms with van der Waals surface area (Å²) in [6.45, 7) is 1.81. The van der Waals surface area contributed by atoms with Gasteiger partial charge in [-0.25, -0.2) is 0 Å². The molecule has 2 rings (SSSR count). The van der Waals surface area contributed by atoms with Gasteiger partial charge in [0.1, 0.15) is 18.6 Å². The molecule has 0 unspecified atom stereocenters. The number of hydrogen-bond donors (Lipinski definition) is 0. The van der Waals surface area contributed by atoms with E-state index >= 15 is 0 Å². The van der Waals surface area contributed by atoms with E-state index in [1.54, 1.807) is 6.08 Å². The van der Waals surface area contributed by atoms with Crippen molar-refractivity contribution in [1.29, 1.82) is 0 Å². The van der Waals surface area contributed by atoms with Gasteiger partial charge in [0.25, 0.3) is 0 Å². The van der Waals surface area contributed by atoms with Crippen molar-refractivity contribution >= 4 is 11.8 Å². The van der Waals surface area contributed by atoms with E-state index in [9.17, 15) is 9.59 Å². The molecular formula is C10H12O4. The molecule has 1 saturated heterocycles. The smallest absolute Gasteiger partial charge is 0.313 e. The number of carbonyl (C=O) groups excluding carboxylic acids is 2. The molecule has 0 aromatic heterocycles. The normalized spacial score (nSPS) is 39.6. The molecule has 0 radical (unpaired) electrons. The number of carbonyl (C=O) groups is 2. The lowest BCUT2D eigenvalue weighted by molar-refractivity contribution is -0.149. The molecular weight excluding hydrogens is 184 g/mol. The summed E-state index contributed by atoms with van der Waals surface area (Å²) in [5.74, 6) is -0.676. The van der Waals surface area contributed by atoms with Crippen LogP contribution in [0.15, 0.2) is 12.2 Å². The third kappa shape index (κ3) is 2.20. The molecule has 0 N–H and O–H groups in total.